The molecule has 7 nitrogen and oxygen atoms in total. The van der Waals surface area contributed by atoms with Crippen LogP contribution in [0.2, 0.25) is 0 Å². The van der Waals surface area contributed by atoms with Crippen molar-refractivity contribution in [3.8, 4) is 0 Å². The normalized spacial score (nSPS) is 22.6. The van der Waals surface area contributed by atoms with Gasteiger partial charge >= 0.3 is 5.69 Å². The van der Waals surface area contributed by atoms with Crippen molar-refractivity contribution in [3.63, 3.8) is 0 Å². The number of nitrogens with zero attached hydrogens (tertiary/aromatic N) is 3. The first-order valence-corrected chi connectivity index (χ1v) is 8.92. The summed E-state index contributed by atoms with van der Waals surface area (Å²) >= 11 is 0. The van der Waals surface area contributed by atoms with E-state index in [0.29, 0.717) is 30.8 Å². The highest BCUT2D eigenvalue weighted by Gasteiger charge is 2.36. The molecule has 140 valence electrons. The van der Waals surface area contributed by atoms with Gasteiger partial charge in [-0.1, -0.05) is 12.1 Å². The van der Waals surface area contributed by atoms with Gasteiger partial charge in [-0.05, 0) is 43.9 Å². The van der Waals surface area contributed by atoms with E-state index < -0.39 is 6.10 Å². The second kappa shape index (κ2) is 7.07. The van der Waals surface area contributed by atoms with Crippen molar-refractivity contribution in [1.29, 1.82) is 0 Å². The number of rotatable bonds is 4. The maximum Gasteiger partial charge on any atom is 0.345 e. The highest BCUT2D eigenvalue weighted by atomic mass is 16.3. The van der Waals surface area contributed by atoms with Crippen molar-refractivity contribution in [3.05, 3.63) is 51.2 Å². The third-order valence-corrected chi connectivity index (χ3v) is 5.56. The van der Waals surface area contributed by atoms with E-state index in [1.807, 2.05) is 32.0 Å². The Balaban J connectivity index is 1.66. The number of aliphatic hydroxyl groups is 1. The number of benzene rings is 1. The van der Waals surface area contributed by atoms with E-state index >= 15 is 0 Å². The van der Waals surface area contributed by atoms with Crippen LogP contribution < -0.4 is 11.0 Å². The first kappa shape index (κ1) is 18.4. The van der Waals surface area contributed by atoms with Gasteiger partial charge < -0.3 is 10.4 Å². The average molecular weight is 358 g/mol. The van der Waals surface area contributed by atoms with E-state index in [1.165, 1.54) is 9.25 Å². The van der Waals surface area contributed by atoms with Gasteiger partial charge in [-0.2, -0.15) is 5.10 Å². The van der Waals surface area contributed by atoms with Crippen molar-refractivity contribution >= 4 is 5.91 Å². The predicted octanol–water partition coefficient (Wildman–Crippen LogP) is 1.02. The lowest BCUT2D eigenvalue weighted by Gasteiger charge is -2.16. The Hall–Kier alpha value is -2.41. The van der Waals surface area contributed by atoms with Gasteiger partial charge in [0.05, 0.1) is 6.10 Å². The van der Waals surface area contributed by atoms with Gasteiger partial charge in [-0.3, -0.25) is 9.36 Å². The fourth-order valence-corrected chi connectivity index (χ4v) is 3.78. The average Bonchev–Trinajstić information content (AvgIpc) is 3.10. The van der Waals surface area contributed by atoms with Crippen LogP contribution in [0.1, 0.15) is 46.1 Å². The minimum absolute atomic E-state index is 0.0199. The maximum absolute atomic E-state index is 12.5. The number of carbonyl (C=O) groups excluding carboxylic acids is 1. The Morgan fingerprint density at radius 1 is 1.31 bits per heavy atom. The highest BCUT2D eigenvalue weighted by Crippen LogP contribution is 2.37. The smallest absolute Gasteiger partial charge is 0.345 e. The van der Waals surface area contributed by atoms with E-state index in [-0.39, 0.29) is 23.4 Å². The molecule has 1 fully saturated rings. The van der Waals surface area contributed by atoms with Crippen molar-refractivity contribution in [1.82, 2.24) is 19.7 Å². The van der Waals surface area contributed by atoms with Gasteiger partial charge in [-0.25, -0.2) is 9.48 Å². The minimum atomic E-state index is -0.518. The summed E-state index contributed by atoms with van der Waals surface area (Å²) in [6.07, 6.45) is 0.725. The van der Waals surface area contributed by atoms with E-state index in [1.54, 1.807) is 14.1 Å². The summed E-state index contributed by atoms with van der Waals surface area (Å²) in [5.74, 6) is 0.546. The SMILES string of the molecule is Cc1cccc(C(=O)NC[C@H]2C[C@H](c3nn(C)c(=O)n3C)C[C@H]2O)c1C. The number of aromatic nitrogens is 3. The third-order valence-electron chi connectivity index (χ3n) is 5.56. The topological polar surface area (TPSA) is 89.2 Å². The molecule has 0 saturated heterocycles. The van der Waals surface area contributed by atoms with Crippen LogP contribution in [0, 0.1) is 19.8 Å². The van der Waals surface area contributed by atoms with E-state index in [4.69, 9.17) is 0 Å². The zero-order valence-corrected chi connectivity index (χ0v) is 15.7. The van der Waals surface area contributed by atoms with Crippen LogP contribution in [-0.4, -0.2) is 38.0 Å². The van der Waals surface area contributed by atoms with Crippen molar-refractivity contribution in [2.24, 2.45) is 20.0 Å². The largest absolute Gasteiger partial charge is 0.393 e. The van der Waals surface area contributed by atoms with Gasteiger partial charge in [0.25, 0.3) is 5.91 Å². The fourth-order valence-electron chi connectivity index (χ4n) is 3.78. The van der Waals surface area contributed by atoms with Gasteiger partial charge in [-0.15, -0.1) is 0 Å². The molecule has 0 radical (unpaired) electrons. The van der Waals surface area contributed by atoms with Gasteiger partial charge in [0.2, 0.25) is 0 Å². The number of hydrogen-bond donors (Lipinski definition) is 2. The molecule has 1 aromatic carbocycles. The number of nitrogens with one attached hydrogen (secondary N) is 1. The number of aliphatic hydroxyl groups excluding tert-OH is 1. The summed E-state index contributed by atoms with van der Waals surface area (Å²) in [6.45, 7) is 4.32. The van der Waals surface area contributed by atoms with Crippen LogP contribution >= 0.6 is 0 Å². The Kier molecular flexibility index (Phi) is 5.00. The highest BCUT2D eigenvalue weighted by molar-refractivity contribution is 5.95. The van der Waals surface area contributed by atoms with Gasteiger partial charge in [0.15, 0.2) is 0 Å². The van der Waals surface area contributed by atoms with Crippen molar-refractivity contribution in [2.75, 3.05) is 6.54 Å². The molecule has 1 aliphatic carbocycles. The molecule has 0 bridgehead atoms. The van der Waals surface area contributed by atoms with Crippen LogP contribution in [0.15, 0.2) is 23.0 Å². The molecule has 1 amide bonds. The standard InChI is InChI=1S/C19H26N4O3/c1-11-6-5-7-15(12(11)2)18(25)20-10-14-8-13(9-16(14)24)17-21-23(4)19(26)22(17)3/h5-7,13-14,16,24H,8-10H2,1-4H3,(H,20,25)/t13-,14+,16+/m0/s1. The second-order valence-corrected chi connectivity index (χ2v) is 7.28. The molecule has 2 aromatic rings. The number of hydrogen-bond acceptors (Lipinski definition) is 4. The molecule has 2 N–H and O–H groups in total. The maximum atomic E-state index is 12.5. The Bertz CT molecular complexity index is 883. The van der Waals surface area contributed by atoms with Crippen molar-refractivity contribution < 1.29 is 9.90 Å². The number of aryl methyl sites for hydroxylation is 2. The van der Waals surface area contributed by atoms with E-state index in [2.05, 4.69) is 10.4 Å². The minimum Gasteiger partial charge on any atom is -0.393 e. The summed E-state index contributed by atoms with van der Waals surface area (Å²) in [5.41, 5.74) is 2.55. The Morgan fingerprint density at radius 3 is 2.69 bits per heavy atom. The molecule has 0 aliphatic heterocycles. The molecule has 3 atom stereocenters. The zero-order chi connectivity index (χ0) is 19.0. The summed E-state index contributed by atoms with van der Waals surface area (Å²) < 4.78 is 2.85. The lowest BCUT2D eigenvalue weighted by Crippen LogP contribution is -2.32. The first-order valence-electron chi connectivity index (χ1n) is 8.92. The molecule has 7 heteroatoms. The summed E-state index contributed by atoms with van der Waals surface area (Å²) in [4.78, 5) is 24.4. The summed E-state index contributed by atoms with van der Waals surface area (Å²) in [6, 6.07) is 5.67. The molecule has 1 aromatic heterocycles. The lowest BCUT2D eigenvalue weighted by atomic mass is 10.0. The van der Waals surface area contributed by atoms with Gasteiger partial charge in [0, 0.05) is 38.0 Å². The molecule has 0 spiro atoms. The third kappa shape index (κ3) is 3.31. The van der Waals surface area contributed by atoms with Crippen LogP contribution in [-0.2, 0) is 14.1 Å². The van der Waals surface area contributed by atoms with Gasteiger partial charge in [0.1, 0.15) is 5.82 Å². The van der Waals surface area contributed by atoms with Crippen molar-refractivity contribution in [2.45, 2.75) is 38.7 Å². The molecule has 1 aliphatic rings. The van der Waals surface area contributed by atoms with E-state index in [0.717, 1.165) is 11.1 Å². The quantitative estimate of drug-likeness (QED) is 0.854. The summed E-state index contributed by atoms with van der Waals surface area (Å²) in [7, 11) is 3.33. The fraction of sp³-hybridized carbons (Fsp3) is 0.526. The van der Waals surface area contributed by atoms with Crippen LogP contribution in [0.4, 0.5) is 0 Å². The first-order chi connectivity index (χ1) is 12.3. The monoisotopic (exact) mass is 358 g/mol. The number of amides is 1. The van der Waals surface area contributed by atoms with Crippen LogP contribution in [0.5, 0.6) is 0 Å². The Morgan fingerprint density at radius 2 is 2.04 bits per heavy atom. The lowest BCUT2D eigenvalue weighted by molar-refractivity contribution is 0.0916. The molecular weight excluding hydrogens is 332 g/mol. The van der Waals surface area contributed by atoms with E-state index in [9.17, 15) is 14.7 Å². The molecule has 26 heavy (non-hydrogen) atoms. The molecule has 3 rings (SSSR count). The summed E-state index contributed by atoms with van der Waals surface area (Å²) in [5, 5.41) is 17.6. The zero-order valence-electron chi connectivity index (χ0n) is 15.7. The second-order valence-electron chi connectivity index (χ2n) is 7.28. The predicted molar refractivity (Wildman–Crippen MR) is 98.2 cm³/mol. The molecule has 1 saturated carbocycles. The molecule has 1 heterocycles. The molecular formula is C19H26N4O3. The van der Waals surface area contributed by atoms with Crippen LogP contribution in [0.3, 0.4) is 0 Å². The van der Waals surface area contributed by atoms with Crippen LogP contribution in [0.25, 0.3) is 0 Å². The molecule has 0 unspecified atom stereocenters. The Labute approximate surface area is 152 Å². The number of carbonyl (C=O) groups is 1.